The summed E-state index contributed by atoms with van der Waals surface area (Å²) in [5, 5.41) is 9.16. The summed E-state index contributed by atoms with van der Waals surface area (Å²) >= 11 is 0. The molecule has 1 aliphatic rings. The monoisotopic (exact) mass is 292 g/mol. The Labute approximate surface area is 123 Å². The van der Waals surface area contributed by atoms with Gasteiger partial charge in [0.15, 0.2) is 0 Å². The third kappa shape index (κ3) is 3.52. The molecule has 2 unspecified atom stereocenters. The molecule has 1 heterocycles. The summed E-state index contributed by atoms with van der Waals surface area (Å²) in [5.41, 5.74) is 1.03. The van der Waals surface area contributed by atoms with Crippen molar-refractivity contribution in [3.05, 3.63) is 35.9 Å². The van der Waals surface area contributed by atoms with Crippen LogP contribution in [0.5, 0.6) is 0 Å². The van der Waals surface area contributed by atoms with Crippen LogP contribution in [0, 0.1) is 5.92 Å². The number of carbonyl (C=O) groups is 2. The van der Waals surface area contributed by atoms with Crippen LogP contribution < -0.4 is 0 Å². The van der Waals surface area contributed by atoms with Crippen molar-refractivity contribution in [2.24, 2.45) is 5.92 Å². The zero-order valence-corrected chi connectivity index (χ0v) is 12.2. The maximum atomic E-state index is 12.4. The molecule has 1 aromatic rings. The van der Waals surface area contributed by atoms with Crippen molar-refractivity contribution in [3.63, 3.8) is 0 Å². The van der Waals surface area contributed by atoms with E-state index < -0.39 is 17.9 Å². The number of carboxylic acids is 1. The maximum absolute atomic E-state index is 12.4. The van der Waals surface area contributed by atoms with Crippen LogP contribution in [-0.4, -0.2) is 60.3 Å². The Bertz CT molecular complexity index is 506. The molecule has 1 aromatic carbocycles. The van der Waals surface area contributed by atoms with Crippen LogP contribution in [0.15, 0.2) is 30.3 Å². The van der Waals surface area contributed by atoms with E-state index in [-0.39, 0.29) is 19.2 Å². The van der Waals surface area contributed by atoms with Gasteiger partial charge in [0.05, 0.1) is 19.3 Å². The summed E-state index contributed by atoms with van der Waals surface area (Å²) < 4.78 is 5.21. The molecule has 2 rings (SSSR count). The molecule has 0 bridgehead atoms. The van der Waals surface area contributed by atoms with Gasteiger partial charge in [0.1, 0.15) is 5.92 Å². The first-order valence-corrected chi connectivity index (χ1v) is 6.83. The van der Waals surface area contributed by atoms with Crippen molar-refractivity contribution in [3.8, 4) is 0 Å². The summed E-state index contributed by atoms with van der Waals surface area (Å²) in [4.78, 5) is 26.6. The Morgan fingerprint density at radius 1 is 1.24 bits per heavy atom. The average Bonchev–Trinajstić information content (AvgIpc) is 2.96. The fraction of sp³-hybridized carbons (Fsp3) is 0.467. The van der Waals surface area contributed by atoms with E-state index in [1.165, 1.54) is 4.90 Å². The lowest BCUT2D eigenvalue weighted by atomic mass is 10.0. The second-order valence-corrected chi connectivity index (χ2v) is 5.28. The maximum Gasteiger partial charge on any atom is 0.320 e. The summed E-state index contributed by atoms with van der Waals surface area (Å²) in [6, 6.07) is 9.02. The number of amides is 2. The molecule has 0 spiro atoms. The Kier molecular flexibility index (Phi) is 4.80. The highest BCUT2D eigenvalue weighted by molar-refractivity contribution is 5.77. The third-order valence-corrected chi connectivity index (χ3v) is 3.76. The number of benzene rings is 1. The number of carbonyl (C=O) groups excluding carboxylic acids is 1. The molecular weight excluding hydrogens is 272 g/mol. The minimum absolute atomic E-state index is 0.153. The lowest BCUT2D eigenvalue weighted by molar-refractivity contribution is -0.142. The SMILES string of the molecule is CN(Cc1ccccc1)C(=O)N(C)C1COCC1C(=O)O. The number of carboxylic acid groups (broad SMARTS) is 1. The van der Waals surface area contributed by atoms with E-state index in [0.717, 1.165) is 5.56 Å². The number of urea groups is 1. The van der Waals surface area contributed by atoms with E-state index in [0.29, 0.717) is 6.54 Å². The van der Waals surface area contributed by atoms with Crippen LogP contribution in [-0.2, 0) is 16.1 Å². The highest BCUT2D eigenvalue weighted by atomic mass is 16.5. The quantitative estimate of drug-likeness (QED) is 0.907. The van der Waals surface area contributed by atoms with Crippen LogP contribution in [0.2, 0.25) is 0 Å². The fourth-order valence-electron chi connectivity index (χ4n) is 2.50. The third-order valence-electron chi connectivity index (χ3n) is 3.76. The molecular formula is C15H20N2O4. The minimum atomic E-state index is -0.928. The standard InChI is InChI=1S/C15H20N2O4/c1-16(8-11-6-4-3-5-7-11)15(20)17(2)13-10-21-9-12(13)14(18)19/h3-7,12-13H,8-10H2,1-2H3,(H,18,19). The van der Waals surface area contributed by atoms with Gasteiger partial charge in [-0.25, -0.2) is 4.79 Å². The summed E-state index contributed by atoms with van der Waals surface area (Å²) in [7, 11) is 3.33. The van der Waals surface area contributed by atoms with E-state index in [9.17, 15) is 9.59 Å². The second kappa shape index (κ2) is 6.58. The molecule has 6 nitrogen and oxygen atoms in total. The zero-order chi connectivity index (χ0) is 15.4. The van der Waals surface area contributed by atoms with Crippen molar-refractivity contribution < 1.29 is 19.4 Å². The van der Waals surface area contributed by atoms with Gasteiger partial charge >= 0.3 is 12.0 Å². The van der Waals surface area contributed by atoms with Crippen molar-refractivity contribution in [1.82, 2.24) is 9.80 Å². The molecule has 6 heteroatoms. The predicted molar refractivity (Wildman–Crippen MR) is 76.8 cm³/mol. The molecule has 2 atom stereocenters. The Hall–Kier alpha value is -2.08. The van der Waals surface area contributed by atoms with Crippen molar-refractivity contribution in [1.29, 1.82) is 0 Å². The van der Waals surface area contributed by atoms with Gasteiger partial charge in [0.2, 0.25) is 0 Å². The molecule has 0 aromatic heterocycles. The first-order valence-electron chi connectivity index (χ1n) is 6.83. The first kappa shape index (κ1) is 15.3. The van der Waals surface area contributed by atoms with Gasteiger partial charge < -0.3 is 19.6 Å². The molecule has 114 valence electrons. The van der Waals surface area contributed by atoms with Crippen LogP contribution in [0.1, 0.15) is 5.56 Å². The molecule has 1 fully saturated rings. The van der Waals surface area contributed by atoms with E-state index >= 15 is 0 Å². The van der Waals surface area contributed by atoms with E-state index in [1.54, 1.807) is 19.0 Å². The first-order chi connectivity index (χ1) is 10.0. The summed E-state index contributed by atoms with van der Waals surface area (Å²) in [5.74, 6) is -1.59. The van der Waals surface area contributed by atoms with Gasteiger partial charge in [-0.15, -0.1) is 0 Å². The number of hydrogen-bond donors (Lipinski definition) is 1. The van der Waals surface area contributed by atoms with Gasteiger partial charge in [-0.1, -0.05) is 30.3 Å². The van der Waals surface area contributed by atoms with Gasteiger partial charge in [0, 0.05) is 20.6 Å². The van der Waals surface area contributed by atoms with Gasteiger partial charge in [-0.3, -0.25) is 4.79 Å². The number of nitrogens with zero attached hydrogens (tertiary/aromatic N) is 2. The van der Waals surface area contributed by atoms with Crippen molar-refractivity contribution in [2.75, 3.05) is 27.3 Å². The smallest absolute Gasteiger partial charge is 0.320 e. The number of hydrogen-bond acceptors (Lipinski definition) is 3. The second-order valence-electron chi connectivity index (χ2n) is 5.28. The Balaban J connectivity index is 2.00. The lowest BCUT2D eigenvalue weighted by Crippen LogP contribution is -2.48. The molecule has 0 aliphatic carbocycles. The normalized spacial score (nSPS) is 21.0. The number of ether oxygens (including phenoxy) is 1. The van der Waals surface area contributed by atoms with Crippen LogP contribution >= 0.6 is 0 Å². The van der Waals surface area contributed by atoms with Crippen LogP contribution in [0.25, 0.3) is 0 Å². The van der Waals surface area contributed by atoms with Crippen molar-refractivity contribution in [2.45, 2.75) is 12.6 Å². The van der Waals surface area contributed by atoms with E-state index in [1.807, 2.05) is 30.3 Å². The highest BCUT2D eigenvalue weighted by Crippen LogP contribution is 2.20. The summed E-state index contributed by atoms with van der Waals surface area (Å²) in [6.45, 7) is 0.897. The molecule has 0 saturated carbocycles. The van der Waals surface area contributed by atoms with Gasteiger partial charge in [-0.2, -0.15) is 0 Å². The van der Waals surface area contributed by atoms with Gasteiger partial charge in [0.25, 0.3) is 0 Å². The Morgan fingerprint density at radius 2 is 1.90 bits per heavy atom. The van der Waals surface area contributed by atoms with E-state index in [2.05, 4.69) is 0 Å². The summed E-state index contributed by atoms with van der Waals surface area (Å²) in [6.07, 6.45) is 0. The minimum Gasteiger partial charge on any atom is -0.481 e. The fourth-order valence-corrected chi connectivity index (χ4v) is 2.50. The van der Waals surface area contributed by atoms with Crippen LogP contribution in [0.3, 0.4) is 0 Å². The highest BCUT2D eigenvalue weighted by Gasteiger charge is 2.39. The van der Waals surface area contributed by atoms with Crippen molar-refractivity contribution >= 4 is 12.0 Å². The molecule has 0 radical (unpaired) electrons. The topological polar surface area (TPSA) is 70.1 Å². The van der Waals surface area contributed by atoms with E-state index in [4.69, 9.17) is 9.84 Å². The van der Waals surface area contributed by atoms with Gasteiger partial charge in [-0.05, 0) is 5.56 Å². The zero-order valence-electron chi connectivity index (χ0n) is 12.2. The number of rotatable bonds is 4. The molecule has 21 heavy (non-hydrogen) atoms. The molecule has 1 aliphatic heterocycles. The number of aliphatic carboxylic acids is 1. The average molecular weight is 292 g/mol. The lowest BCUT2D eigenvalue weighted by Gasteiger charge is -2.30. The predicted octanol–water partition coefficient (Wildman–Crippen LogP) is 1.27. The largest absolute Gasteiger partial charge is 0.481 e. The molecule has 1 saturated heterocycles. The molecule has 2 amide bonds. The Morgan fingerprint density at radius 3 is 2.52 bits per heavy atom. The molecule has 1 N–H and O–H groups in total. The number of likely N-dealkylation sites (N-methyl/N-ethyl adjacent to an activating group) is 1. The van der Waals surface area contributed by atoms with Crippen LogP contribution in [0.4, 0.5) is 4.79 Å².